The SMILES string of the molecule is CN(C)c1cccc(Br)c1C1CCCN1. The van der Waals surface area contributed by atoms with Crippen molar-refractivity contribution in [1.29, 1.82) is 0 Å². The number of benzene rings is 1. The van der Waals surface area contributed by atoms with Crippen molar-refractivity contribution in [2.24, 2.45) is 0 Å². The van der Waals surface area contributed by atoms with Crippen LogP contribution in [0, 0.1) is 0 Å². The average Bonchev–Trinajstić information content (AvgIpc) is 2.70. The summed E-state index contributed by atoms with van der Waals surface area (Å²) < 4.78 is 1.22. The second-order valence-corrected chi connectivity index (χ2v) is 5.07. The molecule has 0 amide bonds. The van der Waals surface area contributed by atoms with E-state index >= 15 is 0 Å². The van der Waals surface area contributed by atoms with Crippen molar-refractivity contribution in [3.63, 3.8) is 0 Å². The van der Waals surface area contributed by atoms with Crippen molar-refractivity contribution in [1.82, 2.24) is 5.32 Å². The number of hydrogen-bond donors (Lipinski definition) is 1. The summed E-state index contributed by atoms with van der Waals surface area (Å²) in [6.45, 7) is 1.14. The Balaban J connectivity index is 2.41. The fourth-order valence-corrected chi connectivity index (χ4v) is 2.82. The van der Waals surface area contributed by atoms with Gasteiger partial charge >= 0.3 is 0 Å². The fourth-order valence-electron chi connectivity index (χ4n) is 2.19. The van der Waals surface area contributed by atoms with Crippen LogP contribution in [0.25, 0.3) is 0 Å². The maximum absolute atomic E-state index is 3.66. The third-order valence-electron chi connectivity index (χ3n) is 2.92. The highest BCUT2D eigenvalue weighted by molar-refractivity contribution is 9.10. The Hall–Kier alpha value is -0.540. The van der Waals surface area contributed by atoms with E-state index in [1.165, 1.54) is 28.6 Å². The molecule has 1 unspecified atom stereocenters. The Morgan fingerprint density at radius 2 is 2.20 bits per heavy atom. The van der Waals surface area contributed by atoms with Gasteiger partial charge in [-0.3, -0.25) is 0 Å². The maximum Gasteiger partial charge on any atom is 0.0420 e. The first kappa shape index (κ1) is 11.0. The standard InChI is InChI=1S/C12H17BrN2/c1-15(2)11-7-3-5-9(13)12(11)10-6-4-8-14-10/h3,5,7,10,14H,4,6,8H2,1-2H3. The summed E-state index contributed by atoms with van der Waals surface area (Å²) in [5, 5.41) is 3.55. The molecule has 0 radical (unpaired) electrons. The van der Waals surface area contributed by atoms with Gasteiger partial charge in [0.2, 0.25) is 0 Å². The van der Waals surface area contributed by atoms with Gasteiger partial charge in [0, 0.05) is 35.9 Å². The van der Waals surface area contributed by atoms with Crippen LogP contribution in [0.15, 0.2) is 22.7 Å². The number of hydrogen-bond acceptors (Lipinski definition) is 2. The summed E-state index contributed by atoms with van der Waals surface area (Å²) in [7, 11) is 4.19. The Labute approximate surface area is 99.8 Å². The maximum atomic E-state index is 3.66. The molecule has 15 heavy (non-hydrogen) atoms. The molecule has 0 saturated carbocycles. The Bertz CT molecular complexity index is 343. The van der Waals surface area contributed by atoms with Gasteiger partial charge in [-0.2, -0.15) is 0 Å². The Morgan fingerprint density at radius 1 is 1.40 bits per heavy atom. The molecule has 1 fully saturated rings. The highest BCUT2D eigenvalue weighted by Crippen LogP contribution is 2.36. The number of nitrogens with one attached hydrogen (secondary N) is 1. The van der Waals surface area contributed by atoms with Crippen molar-refractivity contribution in [2.75, 3.05) is 25.5 Å². The van der Waals surface area contributed by atoms with Crippen molar-refractivity contribution in [3.05, 3.63) is 28.2 Å². The van der Waals surface area contributed by atoms with Gasteiger partial charge in [-0.15, -0.1) is 0 Å². The first-order chi connectivity index (χ1) is 7.20. The Kier molecular flexibility index (Phi) is 3.32. The minimum absolute atomic E-state index is 0.512. The molecule has 1 heterocycles. The molecule has 1 aliphatic heterocycles. The van der Waals surface area contributed by atoms with Gasteiger partial charge in [0.25, 0.3) is 0 Å². The molecule has 0 spiro atoms. The quantitative estimate of drug-likeness (QED) is 0.888. The van der Waals surface area contributed by atoms with Crippen LogP contribution in [0.3, 0.4) is 0 Å². The van der Waals surface area contributed by atoms with Gasteiger partial charge < -0.3 is 10.2 Å². The molecule has 1 saturated heterocycles. The zero-order valence-electron chi connectivity index (χ0n) is 9.26. The molecule has 0 bridgehead atoms. The lowest BCUT2D eigenvalue weighted by Gasteiger charge is -2.22. The summed E-state index contributed by atoms with van der Waals surface area (Å²) in [5.41, 5.74) is 2.71. The number of anilines is 1. The molecule has 3 heteroatoms. The van der Waals surface area contributed by atoms with E-state index in [4.69, 9.17) is 0 Å². The molecule has 0 aromatic heterocycles. The zero-order valence-corrected chi connectivity index (χ0v) is 10.8. The van der Waals surface area contributed by atoms with E-state index in [-0.39, 0.29) is 0 Å². The monoisotopic (exact) mass is 268 g/mol. The first-order valence-corrected chi connectivity index (χ1v) is 6.18. The lowest BCUT2D eigenvalue weighted by Crippen LogP contribution is -2.18. The van der Waals surface area contributed by atoms with Crippen molar-refractivity contribution in [2.45, 2.75) is 18.9 Å². The third kappa shape index (κ3) is 2.18. The van der Waals surface area contributed by atoms with Crippen LogP contribution in [0.1, 0.15) is 24.4 Å². The van der Waals surface area contributed by atoms with Crippen molar-refractivity contribution in [3.8, 4) is 0 Å². The van der Waals surface area contributed by atoms with Gasteiger partial charge in [0.1, 0.15) is 0 Å². The molecule has 82 valence electrons. The van der Waals surface area contributed by atoms with Crippen LogP contribution >= 0.6 is 15.9 Å². The van der Waals surface area contributed by atoms with E-state index in [0.717, 1.165) is 6.54 Å². The largest absolute Gasteiger partial charge is 0.377 e. The summed E-state index contributed by atoms with van der Waals surface area (Å²) in [6.07, 6.45) is 2.52. The Morgan fingerprint density at radius 3 is 2.80 bits per heavy atom. The van der Waals surface area contributed by atoms with Crippen molar-refractivity contribution < 1.29 is 0 Å². The van der Waals surface area contributed by atoms with Crippen LogP contribution in [-0.2, 0) is 0 Å². The van der Waals surface area contributed by atoms with Crippen molar-refractivity contribution >= 4 is 21.6 Å². The fraction of sp³-hybridized carbons (Fsp3) is 0.500. The second kappa shape index (κ2) is 4.54. The van der Waals surface area contributed by atoms with E-state index in [9.17, 15) is 0 Å². The molecule has 1 aromatic carbocycles. The number of nitrogens with zero attached hydrogens (tertiary/aromatic N) is 1. The molecule has 1 aromatic rings. The number of rotatable bonds is 2. The highest BCUT2D eigenvalue weighted by atomic mass is 79.9. The van der Waals surface area contributed by atoms with E-state index in [0.29, 0.717) is 6.04 Å². The normalized spacial score (nSPS) is 20.6. The molecule has 0 aliphatic carbocycles. The lowest BCUT2D eigenvalue weighted by molar-refractivity contribution is 0.644. The van der Waals surface area contributed by atoms with E-state index in [1.807, 2.05) is 0 Å². The minimum atomic E-state index is 0.512. The van der Waals surface area contributed by atoms with E-state index in [2.05, 4.69) is 58.4 Å². The molecule has 1 atom stereocenters. The van der Waals surface area contributed by atoms with E-state index < -0.39 is 0 Å². The van der Waals surface area contributed by atoms with Crippen LogP contribution in [0.4, 0.5) is 5.69 Å². The van der Waals surface area contributed by atoms with Gasteiger partial charge in [-0.25, -0.2) is 0 Å². The predicted molar refractivity (Wildman–Crippen MR) is 68.4 cm³/mol. The van der Waals surface area contributed by atoms with Crippen LogP contribution in [0.5, 0.6) is 0 Å². The molecular formula is C12H17BrN2. The lowest BCUT2D eigenvalue weighted by atomic mass is 10.0. The highest BCUT2D eigenvalue weighted by Gasteiger charge is 2.21. The van der Waals surface area contributed by atoms with E-state index in [1.54, 1.807) is 0 Å². The van der Waals surface area contributed by atoms with Gasteiger partial charge in [0.15, 0.2) is 0 Å². The van der Waals surface area contributed by atoms with Crippen LogP contribution in [0.2, 0.25) is 0 Å². The number of halogens is 1. The second-order valence-electron chi connectivity index (χ2n) is 4.22. The van der Waals surface area contributed by atoms with Crippen LogP contribution in [-0.4, -0.2) is 20.6 Å². The smallest absolute Gasteiger partial charge is 0.0420 e. The van der Waals surface area contributed by atoms with Gasteiger partial charge in [-0.05, 0) is 31.5 Å². The summed E-state index contributed by atoms with van der Waals surface area (Å²) >= 11 is 3.66. The summed E-state index contributed by atoms with van der Waals surface area (Å²) in [4.78, 5) is 2.18. The zero-order chi connectivity index (χ0) is 10.8. The molecular weight excluding hydrogens is 252 g/mol. The third-order valence-corrected chi connectivity index (χ3v) is 3.61. The molecule has 1 N–H and O–H groups in total. The predicted octanol–water partition coefficient (Wildman–Crippen LogP) is 2.94. The first-order valence-electron chi connectivity index (χ1n) is 5.39. The minimum Gasteiger partial charge on any atom is -0.377 e. The molecule has 2 nitrogen and oxygen atoms in total. The van der Waals surface area contributed by atoms with Gasteiger partial charge in [-0.1, -0.05) is 22.0 Å². The molecule has 2 rings (SSSR count). The van der Waals surface area contributed by atoms with Crippen LogP contribution < -0.4 is 10.2 Å². The summed E-state index contributed by atoms with van der Waals surface area (Å²) in [6, 6.07) is 6.92. The molecule has 1 aliphatic rings. The topological polar surface area (TPSA) is 15.3 Å². The van der Waals surface area contributed by atoms with Gasteiger partial charge in [0.05, 0.1) is 0 Å². The average molecular weight is 269 g/mol. The summed E-state index contributed by atoms with van der Waals surface area (Å²) in [5.74, 6) is 0.